The lowest BCUT2D eigenvalue weighted by Gasteiger charge is -2.12. The molecule has 0 amide bonds. The van der Waals surface area contributed by atoms with E-state index < -0.39 is 0 Å². The molecule has 0 aliphatic rings. The quantitative estimate of drug-likeness (QED) is 0.791. The number of nitrogens with zero attached hydrogens (tertiary/aromatic N) is 1. The second-order valence-electron chi connectivity index (χ2n) is 4.72. The Balaban J connectivity index is 2.04. The van der Waals surface area contributed by atoms with Crippen molar-refractivity contribution in [2.45, 2.75) is 26.8 Å². The summed E-state index contributed by atoms with van der Waals surface area (Å²) in [5.74, 6) is 0.731. The molecule has 2 aromatic rings. The molecular formula is C16H21N3O. The molecule has 0 spiro atoms. The van der Waals surface area contributed by atoms with Crippen molar-refractivity contribution in [1.29, 1.82) is 0 Å². The van der Waals surface area contributed by atoms with Crippen molar-refractivity contribution in [1.82, 2.24) is 4.98 Å². The Kier molecular flexibility index (Phi) is 4.82. The minimum Gasteiger partial charge on any atom is -0.491 e. The second kappa shape index (κ2) is 6.80. The Morgan fingerprint density at radius 1 is 1.30 bits per heavy atom. The number of aryl methyl sites for hydroxylation is 1. The Bertz CT molecular complexity index is 569. The van der Waals surface area contributed by atoms with Gasteiger partial charge < -0.3 is 15.8 Å². The van der Waals surface area contributed by atoms with Crippen LogP contribution in [0.15, 0.2) is 36.5 Å². The smallest absolute Gasteiger partial charge is 0.144 e. The van der Waals surface area contributed by atoms with Crippen molar-refractivity contribution in [3.8, 4) is 5.75 Å². The molecule has 0 fully saturated rings. The number of ether oxygens (including phenoxy) is 1. The van der Waals surface area contributed by atoms with Crippen LogP contribution < -0.4 is 15.8 Å². The van der Waals surface area contributed by atoms with Crippen LogP contribution in [0.5, 0.6) is 5.75 Å². The van der Waals surface area contributed by atoms with E-state index in [1.165, 1.54) is 5.56 Å². The molecule has 0 atom stereocenters. The highest BCUT2D eigenvalue weighted by Crippen LogP contribution is 2.26. The van der Waals surface area contributed by atoms with Crippen molar-refractivity contribution in [3.63, 3.8) is 0 Å². The van der Waals surface area contributed by atoms with Gasteiger partial charge in [0.1, 0.15) is 5.75 Å². The fourth-order valence-corrected chi connectivity index (χ4v) is 1.87. The Morgan fingerprint density at radius 2 is 2.15 bits per heavy atom. The molecular weight excluding hydrogens is 250 g/mol. The number of benzene rings is 1. The predicted octanol–water partition coefficient (Wildman–Crippen LogP) is 3.37. The molecule has 1 aromatic carbocycles. The summed E-state index contributed by atoms with van der Waals surface area (Å²) in [7, 11) is 0. The van der Waals surface area contributed by atoms with Gasteiger partial charge in [-0.2, -0.15) is 0 Å². The molecule has 1 aromatic heterocycles. The third kappa shape index (κ3) is 3.63. The summed E-state index contributed by atoms with van der Waals surface area (Å²) in [5, 5.41) is 3.35. The van der Waals surface area contributed by atoms with Crippen LogP contribution in [0.2, 0.25) is 0 Å². The molecule has 0 radical (unpaired) electrons. The van der Waals surface area contributed by atoms with Crippen molar-refractivity contribution in [3.05, 3.63) is 47.8 Å². The summed E-state index contributed by atoms with van der Waals surface area (Å²) >= 11 is 0. The minimum atomic E-state index is 0.665. The monoisotopic (exact) mass is 271 g/mol. The van der Waals surface area contributed by atoms with Crippen LogP contribution in [0.1, 0.15) is 24.6 Å². The second-order valence-corrected chi connectivity index (χ2v) is 4.72. The largest absolute Gasteiger partial charge is 0.491 e. The van der Waals surface area contributed by atoms with E-state index in [4.69, 9.17) is 10.5 Å². The first-order valence-electron chi connectivity index (χ1n) is 6.87. The summed E-state index contributed by atoms with van der Waals surface area (Å²) in [6.45, 7) is 5.49. The van der Waals surface area contributed by atoms with Crippen molar-refractivity contribution in [2.24, 2.45) is 0 Å². The number of aromatic nitrogens is 1. The molecule has 0 aliphatic heterocycles. The zero-order valence-electron chi connectivity index (χ0n) is 12.0. The maximum Gasteiger partial charge on any atom is 0.144 e. The molecule has 0 unspecified atom stereocenters. The molecule has 4 heteroatoms. The van der Waals surface area contributed by atoms with Gasteiger partial charge in [0, 0.05) is 18.0 Å². The first-order chi connectivity index (χ1) is 9.70. The number of hydrogen-bond acceptors (Lipinski definition) is 4. The highest BCUT2D eigenvalue weighted by atomic mass is 16.5. The van der Waals surface area contributed by atoms with E-state index in [9.17, 15) is 0 Å². The number of hydrogen-bond donors (Lipinski definition) is 2. The summed E-state index contributed by atoms with van der Waals surface area (Å²) < 4.78 is 5.62. The molecule has 0 saturated heterocycles. The van der Waals surface area contributed by atoms with E-state index in [2.05, 4.69) is 30.2 Å². The van der Waals surface area contributed by atoms with Gasteiger partial charge in [0.2, 0.25) is 0 Å². The van der Waals surface area contributed by atoms with Crippen LogP contribution in [0, 0.1) is 6.92 Å². The predicted molar refractivity (Wildman–Crippen MR) is 82.9 cm³/mol. The summed E-state index contributed by atoms with van der Waals surface area (Å²) in [6, 6.07) is 9.75. The number of rotatable bonds is 6. The number of nitrogens with two attached hydrogens (primary N) is 1. The number of anilines is 2. The van der Waals surface area contributed by atoms with Crippen LogP contribution in [0.4, 0.5) is 11.4 Å². The van der Waals surface area contributed by atoms with E-state index >= 15 is 0 Å². The van der Waals surface area contributed by atoms with Crippen LogP contribution >= 0.6 is 0 Å². The normalized spacial score (nSPS) is 10.3. The maximum absolute atomic E-state index is 5.90. The van der Waals surface area contributed by atoms with Crippen molar-refractivity contribution < 1.29 is 4.74 Å². The number of pyridine rings is 1. The van der Waals surface area contributed by atoms with Crippen molar-refractivity contribution in [2.75, 3.05) is 17.7 Å². The highest BCUT2D eigenvalue weighted by molar-refractivity contribution is 5.61. The standard InChI is InChI=1S/C16H21N3O/c1-3-9-20-16-10-13(6-7-14(16)17)19-11-15-12(2)5-4-8-18-15/h4-8,10,19H,3,9,11,17H2,1-2H3. The van der Waals surface area contributed by atoms with Gasteiger partial charge in [-0.25, -0.2) is 0 Å². The van der Waals surface area contributed by atoms with Crippen molar-refractivity contribution >= 4 is 11.4 Å². The lowest BCUT2D eigenvalue weighted by atomic mass is 10.2. The molecule has 20 heavy (non-hydrogen) atoms. The van der Waals surface area contributed by atoms with Gasteiger partial charge >= 0.3 is 0 Å². The van der Waals surface area contributed by atoms with E-state index in [0.29, 0.717) is 18.8 Å². The average molecular weight is 271 g/mol. The van der Waals surface area contributed by atoms with Gasteiger partial charge in [0.05, 0.1) is 24.5 Å². The van der Waals surface area contributed by atoms with Crippen LogP contribution in [0.25, 0.3) is 0 Å². The third-order valence-electron chi connectivity index (χ3n) is 3.05. The summed E-state index contributed by atoms with van der Waals surface area (Å²) in [5.41, 5.74) is 9.76. The topological polar surface area (TPSA) is 60.2 Å². The van der Waals surface area contributed by atoms with E-state index in [0.717, 1.165) is 23.6 Å². The lowest BCUT2D eigenvalue weighted by Crippen LogP contribution is -2.05. The Labute approximate surface area is 120 Å². The molecule has 2 rings (SSSR count). The molecule has 1 heterocycles. The van der Waals surface area contributed by atoms with Crippen LogP contribution in [0.3, 0.4) is 0 Å². The zero-order valence-corrected chi connectivity index (χ0v) is 12.0. The van der Waals surface area contributed by atoms with E-state index in [-0.39, 0.29) is 0 Å². The molecule has 4 nitrogen and oxygen atoms in total. The minimum absolute atomic E-state index is 0.665. The first kappa shape index (κ1) is 14.2. The maximum atomic E-state index is 5.90. The molecule has 106 valence electrons. The number of nitrogen functional groups attached to an aromatic ring is 1. The van der Waals surface area contributed by atoms with Gasteiger partial charge in [-0.1, -0.05) is 13.0 Å². The fraction of sp³-hybridized carbons (Fsp3) is 0.312. The SMILES string of the molecule is CCCOc1cc(NCc2ncccc2C)ccc1N. The van der Waals surface area contributed by atoms with Gasteiger partial charge in [-0.15, -0.1) is 0 Å². The first-order valence-corrected chi connectivity index (χ1v) is 6.87. The van der Waals surface area contributed by atoms with Gasteiger partial charge in [0.25, 0.3) is 0 Å². The Hall–Kier alpha value is -2.23. The molecule has 3 N–H and O–H groups in total. The summed E-state index contributed by atoms with van der Waals surface area (Å²) in [4.78, 5) is 4.36. The van der Waals surface area contributed by atoms with E-state index in [1.807, 2.05) is 30.5 Å². The molecule has 0 aliphatic carbocycles. The third-order valence-corrected chi connectivity index (χ3v) is 3.05. The van der Waals surface area contributed by atoms with Crippen LogP contribution in [-0.4, -0.2) is 11.6 Å². The van der Waals surface area contributed by atoms with Crippen LogP contribution in [-0.2, 0) is 6.54 Å². The fourth-order valence-electron chi connectivity index (χ4n) is 1.87. The van der Waals surface area contributed by atoms with E-state index in [1.54, 1.807) is 0 Å². The Morgan fingerprint density at radius 3 is 2.90 bits per heavy atom. The summed E-state index contributed by atoms with van der Waals surface area (Å²) in [6.07, 6.45) is 2.77. The van der Waals surface area contributed by atoms with Gasteiger partial charge in [-0.05, 0) is 37.1 Å². The molecule has 0 bridgehead atoms. The van der Waals surface area contributed by atoms with Gasteiger partial charge in [0.15, 0.2) is 0 Å². The zero-order chi connectivity index (χ0) is 14.4. The highest BCUT2D eigenvalue weighted by Gasteiger charge is 2.03. The molecule has 0 saturated carbocycles. The average Bonchev–Trinajstić information content (AvgIpc) is 2.46. The number of nitrogens with one attached hydrogen (secondary N) is 1. The van der Waals surface area contributed by atoms with Gasteiger partial charge in [-0.3, -0.25) is 4.98 Å². The lowest BCUT2D eigenvalue weighted by molar-refractivity contribution is 0.319.